The molecule has 5 nitrogen and oxygen atoms in total. The average Bonchev–Trinajstić information content (AvgIpc) is 2.34. The lowest BCUT2D eigenvalue weighted by Crippen LogP contribution is -2.49. The third kappa shape index (κ3) is 5.27. The van der Waals surface area contributed by atoms with Crippen LogP contribution in [0.15, 0.2) is 0 Å². The first-order chi connectivity index (χ1) is 8.52. The molecule has 1 rings (SSSR count). The van der Waals surface area contributed by atoms with Crippen LogP contribution < -0.4 is 10.6 Å². The molecule has 1 aliphatic rings. The maximum absolute atomic E-state index is 11.0. The van der Waals surface area contributed by atoms with Crippen molar-refractivity contribution in [3.05, 3.63) is 0 Å². The molecule has 0 radical (unpaired) electrons. The zero-order valence-electron chi connectivity index (χ0n) is 10.9. The van der Waals surface area contributed by atoms with Crippen molar-refractivity contribution in [3.63, 3.8) is 0 Å². The van der Waals surface area contributed by atoms with E-state index in [2.05, 4.69) is 16.9 Å². The Kier molecular flexibility index (Phi) is 6.49. The number of hydrogen-bond donors (Lipinski definition) is 3. The first kappa shape index (κ1) is 15.3. The normalized spacial score (nSPS) is 25.4. The second-order valence-corrected chi connectivity index (χ2v) is 5.86. The van der Waals surface area contributed by atoms with Crippen LogP contribution in [0, 0.1) is 0 Å². The molecule has 0 heterocycles. The van der Waals surface area contributed by atoms with Crippen molar-refractivity contribution in [2.75, 3.05) is 12.8 Å². The fourth-order valence-corrected chi connectivity index (χ4v) is 3.10. The second kappa shape index (κ2) is 7.63. The van der Waals surface area contributed by atoms with E-state index in [1.165, 1.54) is 19.8 Å². The predicted molar refractivity (Wildman–Crippen MR) is 72.8 cm³/mol. The summed E-state index contributed by atoms with van der Waals surface area (Å²) >= 11 is 1.87. The summed E-state index contributed by atoms with van der Waals surface area (Å²) in [5, 5.41) is 15.4. The number of thioether (sulfide) groups is 1. The Bertz CT molecular complexity index is 299. The molecule has 0 aromatic heterocycles. The van der Waals surface area contributed by atoms with E-state index in [4.69, 9.17) is 5.11 Å². The zero-order chi connectivity index (χ0) is 13.5. The van der Waals surface area contributed by atoms with E-state index in [-0.39, 0.29) is 5.91 Å². The van der Waals surface area contributed by atoms with Crippen LogP contribution in [0.25, 0.3) is 0 Å². The van der Waals surface area contributed by atoms with Gasteiger partial charge >= 0.3 is 5.97 Å². The van der Waals surface area contributed by atoms with E-state index < -0.39 is 12.0 Å². The van der Waals surface area contributed by atoms with Gasteiger partial charge in [-0.15, -0.1) is 0 Å². The van der Waals surface area contributed by atoms with E-state index in [9.17, 15) is 9.59 Å². The van der Waals surface area contributed by atoms with E-state index in [1.807, 2.05) is 11.8 Å². The maximum Gasteiger partial charge on any atom is 0.327 e. The summed E-state index contributed by atoms with van der Waals surface area (Å²) in [5.41, 5.74) is 0. The molecule has 1 fully saturated rings. The summed E-state index contributed by atoms with van der Waals surface area (Å²) in [7, 11) is 0. The van der Waals surface area contributed by atoms with Gasteiger partial charge in [0.2, 0.25) is 5.91 Å². The van der Waals surface area contributed by atoms with E-state index in [0.717, 1.165) is 12.8 Å². The van der Waals surface area contributed by atoms with Crippen molar-refractivity contribution < 1.29 is 14.7 Å². The summed E-state index contributed by atoms with van der Waals surface area (Å²) in [6.45, 7) is 1.63. The Labute approximate surface area is 112 Å². The number of aliphatic carboxylic acids is 1. The number of rotatable bonds is 6. The fraction of sp³-hybridized carbons (Fsp3) is 0.833. The van der Waals surface area contributed by atoms with Gasteiger partial charge in [-0.2, -0.15) is 11.8 Å². The average molecular weight is 274 g/mol. The van der Waals surface area contributed by atoms with Crippen LogP contribution in [-0.2, 0) is 9.59 Å². The third-order valence-electron chi connectivity index (χ3n) is 3.25. The van der Waals surface area contributed by atoms with Crippen molar-refractivity contribution in [2.24, 2.45) is 0 Å². The van der Waals surface area contributed by atoms with Crippen molar-refractivity contribution >= 4 is 23.6 Å². The third-order valence-corrected chi connectivity index (χ3v) is 4.34. The molecule has 3 N–H and O–H groups in total. The molecular formula is C12H22N2O3S. The highest BCUT2D eigenvalue weighted by Crippen LogP contribution is 2.26. The lowest BCUT2D eigenvalue weighted by atomic mass is 9.95. The van der Waals surface area contributed by atoms with Gasteiger partial charge < -0.3 is 15.7 Å². The molecule has 0 aliphatic heterocycles. The Hall–Kier alpha value is -0.750. The van der Waals surface area contributed by atoms with Crippen LogP contribution in [0.5, 0.6) is 0 Å². The zero-order valence-corrected chi connectivity index (χ0v) is 11.8. The number of carboxylic acids is 1. The first-order valence-corrected chi connectivity index (χ1v) is 7.57. The van der Waals surface area contributed by atoms with E-state index in [0.29, 0.717) is 17.8 Å². The van der Waals surface area contributed by atoms with Crippen molar-refractivity contribution in [2.45, 2.75) is 49.9 Å². The summed E-state index contributed by atoms with van der Waals surface area (Å²) in [4.78, 5) is 21.9. The molecule has 1 aliphatic carbocycles. The molecule has 3 atom stereocenters. The quantitative estimate of drug-likeness (QED) is 0.669. The minimum atomic E-state index is -0.991. The van der Waals surface area contributed by atoms with Crippen molar-refractivity contribution in [1.82, 2.24) is 10.6 Å². The molecule has 104 valence electrons. The topological polar surface area (TPSA) is 78.4 Å². The van der Waals surface area contributed by atoms with Crippen LogP contribution in [0.1, 0.15) is 32.6 Å². The van der Waals surface area contributed by atoms with Gasteiger partial charge in [0.1, 0.15) is 6.04 Å². The highest BCUT2D eigenvalue weighted by Gasteiger charge is 2.24. The number of carbonyl (C=O) groups is 2. The van der Waals surface area contributed by atoms with Crippen molar-refractivity contribution in [1.29, 1.82) is 0 Å². The van der Waals surface area contributed by atoms with Gasteiger partial charge in [-0.3, -0.25) is 4.79 Å². The second-order valence-electron chi connectivity index (χ2n) is 4.72. The van der Waals surface area contributed by atoms with Gasteiger partial charge in [0, 0.05) is 24.8 Å². The molecule has 6 heteroatoms. The van der Waals surface area contributed by atoms with Crippen molar-refractivity contribution in [3.8, 4) is 0 Å². The molecule has 18 heavy (non-hydrogen) atoms. The number of hydrogen-bond acceptors (Lipinski definition) is 4. The molecule has 0 aromatic carbocycles. The largest absolute Gasteiger partial charge is 0.480 e. The number of carbonyl (C=O) groups excluding carboxylic acids is 1. The molecule has 0 bridgehead atoms. The molecule has 0 aromatic rings. The summed E-state index contributed by atoms with van der Waals surface area (Å²) in [6.07, 6.45) is 6.70. The lowest BCUT2D eigenvalue weighted by molar-refractivity contribution is -0.141. The van der Waals surface area contributed by atoms with E-state index in [1.54, 1.807) is 0 Å². The molecule has 0 saturated heterocycles. The summed E-state index contributed by atoms with van der Waals surface area (Å²) in [5.74, 6) is -1.30. The minimum Gasteiger partial charge on any atom is -0.480 e. The fourth-order valence-electron chi connectivity index (χ4n) is 2.27. The summed E-state index contributed by atoms with van der Waals surface area (Å²) < 4.78 is 0. The SMILES string of the molecule is CSC1CCCC(NCC(NC(C)=O)C(=O)O)C1. The van der Waals surface area contributed by atoms with Crippen LogP contribution in [0.3, 0.4) is 0 Å². The molecule has 3 unspecified atom stereocenters. The Balaban J connectivity index is 2.37. The number of nitrogens with one attached hydrogen (secondary N) is 2. The Morgan fingerprint density at radius 3 is 2.72 bits per heavy atom. The standard InChI is InChI=1S/C12H22N2O3S/c1-8(15)14-11(12(16)17)7-13-9-4-3-5-10(6-9)18-2/h9-11,13H,3-7H2,1-2H3,(H,14,15)(H,16,17). The number of amides is 1. The predicted octanol–water partition coefficient (Wildman–Crippen LogP) is 0.839. The van der Waals surface area contributed by atoms with Gasteiger partial charge in [-0.05, 0) is 25.5 Å². The van der Waals surface area contributed by atoms with Gasteiger partial charge in [0.05, 0.1) is 0 Å². The number of carboxylic acid groups (broad SMARTS) is 1. The monoisotopic (exact) mass is 274 g/mol. The first-order valence-electron chi connectivity index (χ1n) is 6.29. The molecular weight excluding hydrogens is 252 g/mol. The minimum absolute atomic E-state index is 0.292. The van der Waals surface area contributed by atoms with E-state index >= 15 is 0 Å². The van der Waals surface area contributed by atoms with Gasteiger partial charge in [-0.25, -0.2) is 4.79 Å². The molecule has 1 amide bonds. The highest BCUT2D eigenvalue weighted by molar-refractivity contribution is 7.99. The Morgan fingerprint density at radius 2 is 2.17 bits per heavy atom. The smallest absolute Gasteiger partial charge is 0.327 e. The summed E-state index contributed by atoms with van der Waals surface area (Å²) in [6, 6.07) is -0.469. The van der Waals surface area contributed by atoms with Crippen LogP contribution >= 0.6 is 11.8 Å². The lowest BCUT2D eigenvalue weighted by Gasteiger charge is -2.29. The van der Waals surface area contributed by atoms with Gasteiger partial charge in [0.25, 0.3) is 0 Å². The van der Waals surface area contributed by atoms with Gasteiger partial charge in [-0.1, -0.05) is 6.42 Å². The highest BCUT2D eigenvalue weighted by atomic mass is 32.2. The van der Waals surface area contributed by atoms with Crippen LogP contribution in [0.2, 0.25) is 0 Å². The van der Waals surface area contributed by atoms with Crippen LogP contribution in [-0.4, -0.2) is 47.1 Å². The van der Waals surface area contributed by atoms with Crippen LogP contribution in [0.4, 0.5) is 0 Å². The molecule has 0 spiro atoms. The Morgan fingerprint density at radius 1 is 1.44 bits per heavy atom. The van der Waals surface area contributed by atoms with Gasteiger partial charge in [0.15, 0.2) is 0 Å². The molecule has 1 saturated carbocycles. The maximum atomic E-state index is 11.0.